The monoisotopic (exact) mass is 327 g/mol. The van der Waals surface area contributed by atoms with Gasteiger partial charge in [-0.1, -0.05) is 36.0 Å². The lowest BCUT2D eigenvalue weighted by molar-refractivity contribution is 0.111. The second kappa shape index (κ2) is 6.99. The highest BCUT2D eigenvalue weighted by molar-refractivity contribution is 7.98. The van der Waals surface area contributed by atoms with E-state index in [1.807, 2.05) is 36.6 Å². The van der Waals surface area contributed by atoms with Crippen molar-refractivity contribution in [3.05, 3.63) is 45.7 Å². The van der Waals surface area contributed by atoms with Crippen molar-refractivity contribution in [2.75, 3.05) is 12.9 Å². The summed E-state index contributed by atoms with van der Waals surface area (Å²) in [5.41, 5.74) is 1.89. The van der Waals surface area contributed by atoms with Crippen LogP contribution in [0.5, 0.6) is 0 Å². The first kappa shape index (κ1) is 15.8. The number of H-pyrrole nitrogens is 1. The fourth-order valence-electron chi connectivity index (χ4n) is 2.25. The van der Waals surface area contributed by atoms with Gasteiger partial charge in [0.15, 0.2) is 5.16 Å². The summed E-state index contributed by atoms with van der Waals surface area (Å²) in [6.07, 6.45) is 4.39. The number of nitriles is 1. The van der Waals surface area contributed by atoms with E-state index in [2.05, 4.69) is 9.97 Å². The lowest BCUT2D eigenvalue weighted by Gasteiger charge is -2.07. The number of hydrogen-bond acceptors (Lipinski definition) is 5. The quantitative estimate of drug-likeness (QED) is 0.652. The molecule has 1 aliphatic carbocycles. The van der Waals surface area contributed by atoms with Crippen LogP contribution in [0.25, 0.3) is 11.3 Å². The Hall–Kier alpha value is -2.10. The number of rotatable bonds is 6. The maximum Gasteiger partial charge on any atom is 0.270 e. The van der Waals surface area contributed by atoms with Gasteiger partial charge in [-0.15, -0.1) is 0 Å². The molecule has 1 aliphatic rings. The van der Waals surface area contributed by atoms with Gasteiger partial charge in [-0.2, -0.15) is 5.26 Å². The van der Waals surface area contributed by atoms with E-state index in [4.69, 9.17) is 4.74 Å². The molecule has 0 amide bonds. The molecule has 1 heterocycles. The van der Waals surface area contributed by atoms with Crippen molar-refractivity contribution in [1.29, 1.82) is 5.26 Å². The number of aromatic nitrogens is 2. The van der Waals surface area contributed by atoms with Crippen molar-refractivity contribution in [2.24, 2.45) is 5.92 Å². The van der Waals surface area contributed by atoms with Crippen LogP contribution in [0.15, 0.2) is 34.2 Å². The van der Waals surface area contributed by atoms with Crippen LogP contribution in [0, 0.1) is 17.2 Å². The van der Waals surface area contributed by atoms with Crippen molar-refractivity contribution < 1.29 is 4.74 Å². The van der Waals surface area contributed by atoms with Crippen LogP contribution < -0.4 is 5.56 Å². The Morgan fingerprint density at radius 2 is 2.13 bits per heavy atom. The summed E-state index contributed by atoms with van der Waals surface area (Å²) in [7, 11) is 0. The molecule has 0 aliphatic heterocycles. The van der Waals surface area contributed by atoms with E-state index in [1.165, 1.54) is 24.6 Å². The van der Waals surface area contributed by atoms with E-state index in [9.17, 15) is 10.1 Å². The zero-order chi connectivity index (χ0) is 16.2. The van der Waals surface area contributed by atoms with Crippen LogP contribution in [0.1, 0.15) is 24.0 Å². The van der Waals surface area contributed by atoms with Gasteiger partial charge in [0, 0.05) is 12.2 Å². The van der Waals surface area contributed by atoms with Gasteiger partial charge in [-0.25, -0.2) is 4.98 Å². The van der Waals surface area contributed by atoms with Crippen molar-refractivity contribution in [3.63, 3.8) is 0 Å². The zero-order valence-corrected chi connectivity index (χ0v) is 13.7. The highest BCUT2D eigenvalue weighted by Crippen LogP contribution is 2.29. The minimum atomic E-state index is -0.404. The Balaban J connectivity index is 1.82. The number of aromatic amines is 1. The second-order valence-corrected chi connectivity index (χ2v) is 6.36. The van der Waals surface area contributed by atoms with E-state index < -0.39 is 5.56 Å². The second-order valence-electron chi connectivity index (χ2n) is 5.57. The van der Waals surface area contributed by atoms with Crippen LogP contribution in [-0.2, 0) is 11.3 Å². The lowest BCUT2D eigenvalue weighted by Crippen LogP contribution is -2.14. The fourth-order valence-corrected chi connectivity index (χ4v) is 2.63. The maximum absolute atomic E-state index is 12.0. The summed E-state index contributed by atoms with van der Waals surface area (Å²) in [5.74, 6) is 0.748. The van der Waals surface area contributed by atoms with Gasteiger partial charge in [0.25, 0.3) is 5.56 Å². The van der Waals surface area contributed by atoms with Gasteiger partial charge in [-0.3, -0.25) is 4.79 Å². The van der Waals surface area contributed by atoms with Gasteiger partial charge >= 0.3 is 0 Å². The fraction of sp³-hybridized carbons (Fsp3) is 0.353. The van der Waals surface area contributed by atoms with Crippen LogP contribution >= 0.6 is 11.8 Å². The van der Waals surface area contributed by atoms with Gasteiger partial charge in [-0.05, 0) is 30.6 Å². The highest BCUT2D eigenvalue weighted by Gasteiger charge is 2.21. The van der Waals surface area contributed by atoms with Crippen molar-refractivity contribution in [2.45, 2.75) is 24.6 Å². The molecule has 0 saturated heterocycles. The van der Waals surface area contributed by atoms with Crippen LogP contribution in [0.4, 0.5) is 0 Å². The molecule has 5 nitrogen and oxygen atoms in total. The summed E-state index contributed by atoms with van der Waals surface area (Å²) in [4.78, 5) is 18.9. The number of nitrogens with one attached hydrogen (secondary N) is 1. The minimum Gasteiger partial charge on any atom is -0.376 e. The Morgan fingerprint density at radius 1 is 1.39 bits per heavy atom. The largest absolute Gasteiger partial charge is 0.376 e. The molecule has 0 radical (unpaired) electrons. The topological polar surface area (TPSA) is 78.8 Å². The maximum atomic E-state index is 12.0. The molecular formula is C17H17N3O2S. The summed E-state index contributed by atoms with van der Waals surface area (Å²) in [6, 6.07) is 9.60. The van der Waals surface area contributed by atoms with Crippen LogP contribution in [-0.4, -0.2) is 22.8 Å². The predicted octanol–water partition coefficient (Wildman–Crippen LogP) is 2.96. The third kappa shape index (κ3) is 3.81. The molecule has 2 aromatic rings. The summed E-state index contributed by atoms with van der Waals surface area (Å²) < 4.78 is 5.66. The number of thioether (sulfide) groups is 1. The molecular weight excluding hydrogens is 310 g/mol. The molecule has 3 rings (SSSR count). The van der Waals surface area contributed by atoms with Crippen LogP contribution in [0.2, 0.25) is 0 Å². The first-order chi connectivity index (χ1) is 11.2. The highest BCUT2D eigenvalue weighted by atomic mass is 32.2. The lowest BCUT2D eigenvalue weighted by atomic mass is 10.1. The van der Waals surface area contributed by atoms with Gasteiger partial charge in [0.2, 0.25) is 0 Å². The number of ether oxygens (including phenoxy) is 1. The Labute approximate surface area is 138 Å². The molecule has 1 N–H and O–H groups in total. The third-order valence-electron chi connectivity index (χ3n) is 3.75. The standard InChI is InChI=1S/C17H17N3O2S/c1-23-17-19-15(14(8-18)16(21)20-17)13-6-4-12(5-7-13)10-22-9-11-2-3-11/h4-7,11H,2-3,9-10H2,1H3,(H,19,20,21). The summed E-state index contributed by atoms with van der Waals surface area (Å²) in [5, 5.41) is 9.72. The predicted molar refractivity (Wildman–Crippen MR) is 89.2 cm³/mol. The van der Waals surface area contributed by atoms with E-state index in [1.54, 1.807) is 0 Å². The number of nitrogens with zero attached hydrogens (tertiary/aromatic N) is 2. The molecule has 1 aromatic heterocycles. The third-order valence-corrected chi connectivity index (χ3v) is 4.33. The molecule has 118 valence electrons. The molecule has 0 bridgehead atoms. The Kier molecular flexibility index (Phi) is 4.79. The summed E-state index contributed by atoms with van der Waals surface area (Å²) >= 11 is 1.34. The van der Waals surface area contributed by atoms with Gasteiger partial charge in [0.1, 0.15) is 11.6 Å². The van der Waals surface area contributed by atoms with Crippen molar-refractivity contribution in [1.82, 2.24) is 9.97 Å². The molecule has 6 heteroatoms. The van der Waals surface area contributed by atoms with E-state index >= 15 is 0 Å². The smallest absolute Gasteiger partial charge is 0.270 e. The van der Waals surface area contributed by atoms with E-state index in [0.717, 1.165) is 23.7 Å². The molecule has 23 heavy (non-hydrogen) atoms. The Bertz CT molecular complexity index is 789. The molecule has 0 unspecified atom stereocenters. The average Bonchev–Trinajstić information content (AvgIpc) is 3.39. The Morgan fingerprint density at radius 3 is 2.74 bits per heavy atom. The van der Waals surface area contributed by atoms with Gasteiger partial charge < -0.3 is 9.72 Å². The SMILES string of the molecule is CSc1nc(-c2ccc(COCC3CC3)cc2)c(C#N)c(=O)[nH]1. The van der Waals surface area contributed by atoms with Crippen LogP contribution in [0.3, 0.4) is 0 Å². The minimum absolute atomic E-state index is 0.0422. The van der Waals surface area contributed by atoms with Crippen molar-refractivity contribution >= 4 is 11.8 Å². The molecule has 1 aromatic carbocycles. The summed E-state index contributed by atoms with van der Waals surface area (Å²) in [6.45, 7) is 1.41. The van der Waals surface area contributed by atoms with Crippen molar-refractivity contribution in [3.8, 4) is 17.3 Å². The van der Waals surface area contributed by atoms with E-state index in [-0.39, 0.29) is 5.56 Å². The molecule has 1 saturated carbocycles. The van der Waals surface area contributed by atoms with Gasteiger partial charge in [0.05, 0.1) is 12.3 Å². The number of benzene rings is 1. The normalized spacial score (nSPS) is 13.7. The molecule has 0 atom stereocenters. The first-order valence-electron chi connectivity index (χ1n) is 7.46. The van der Waals surface area contributed by atoms with E-state index in [0.29, 0.717) is 17.5 Å². The zero-order valence-electron chi connectivity index (χ0n) is 12.8. The average molecular weight is 327 g/mol. The number of hydrogen-bond donors (Lipinski definition) is 1. The molecule has 1 fully saturated rings. The first-order valence-corrected chi connectivity index (χ1v) is 8.69. The molecule has 0 spiro atoms.